The van der Waals surface area contributed by atoms with E-state index in [1.807, 2.05) is 19.9 Å². The van der Waals surface area contributed by atoms with Crippen molar-refractivity contribution < 1.29 is 24.9 Å². The van der Waals surface area contributed by atoms with Crippen molar-refractivity contribution in [2.75, 3.05) is 13.2 Å². The number of aliphatic hydroxyl groups excluding tert-OH is 1. The van der Waals surface area contributed by atoms with Gasteiger partial charge >= 0.3 is 5.97 Å². The number of esters is 1. The number of phenolic OH excluding ortho intramolecular Hbond substituents is 2. The van der Waals surface area contributed by atoms with Gasteiger partial charge in [-0.05, 0) is 57.1 Å². The lowest BCUT2D eigenvalue weighted by atomic mass is 9.73. The van der Waals surface area contributed by atoms with Gasteiger partial charge in [-0.25, -0.2) is 4.79 Å². The van der Waals surface area contributed by atoms with Gasteiger partial charge in [0.2, 0.25) is 0 Å². The number of aryl methyl sites for hydroxylation is 1. The third-order valence-electron chi connectivity index (χ3n) is 6.05. The number of benzene rings is 1. The molecule has 6 nitrogen and oxygen atoms in total. The second kappa shape index (κ2) is 11.3. The second-order valence-corrected chi connectivity index (χ2v) is 8.67. The molecule has 172 valence electrons. The first-order valence-electron chi connectivity index (χ1n) is 11.2. The largest absolute Gasteiger partial charge is 0.507 e. The minimum absolute atomic E-state index is 0.0234. The number of nitrogens with two attached hydrogens (primary N) is 1. The van der Waals surface area contributed by atoms with Crippen LogP contribution >= 0.6 is 0 Å². The molecule has 0 aromatic heterocycles. The number of allylic oxidation sites excluding steroid dienone is 3. The minimum Gasteiger partial charge on any atom is -0.507 e. The number of rotatable bonds is 10. The van der Waals surface area contributed by atoms with Crippen molar-refractivity contribution in [3.8, 4) is 11.5 Å². The van der Waals surface area contributed by atoms with Crippen molar-refractivity contribution in [3.05, 3.63) is 46.6 Å². The molecule has 3 atom stereocenters. The van der Waals surface area contributed by atoms with Crippen LogP contribution in [-0.4, -0.2) is 40.5 Å². The summed E-state index contributed by atoms with van der Waals surface area (Å²) in [6.45, 7) is 9.87. The number of ether oxygens (including phenoxy) is 1. The number of hydrogen-bond donors (Lipinski definition) is 4. The van der Waals surface area contributed by atoms with Gasteiger partial charge in [-0.2, -0.15) is 0 Å². The number of aliphatic hydroxyl groups is 1. The lowest BCUT2D eigenvalue weighted by Crippen LogP contribution is -2.27. The SMILES string of the molecule is C=C(C)[C@H]1CCC(C)=C[C@H]1c1c(O)cc(CCCCC)c(C(=O)OCC(O)CN)c1O. The first kappa shape index (κ1) is 25.0. The number of phenols is 2. The molecule has 0 heterocycles. The Balaban J connectivity index is 2.55. The number of unbranched alkanes of at least 4 members (excludes halogenated alkanes) is 2. The van der Waals surface area contributed by atoms with E-state index in [2.05, 4.69) is 13.5 Å². The maximum absolute atomic E-state index is 12.9. The molecule has 0 radical (unpaired) electrons. The summed E-state index contributed by atoms with van der Waals surface area (Å²) in [6, 6.07) is 1.58. The Bertz CT molecular complexity index is 830. The Kier molecular flexibility index (Phi) is 9.14. The number of hydrogen-bond acceptors (Lipinski definition) is 6. The van der Waals surface area contributed by atoms with E-state index in [1.165, 1.54) is 5.57 Å². The van der Waals surface area contributed by atoms with Crippen LogP contribution in [0.15, 0.2) is 29.9 Å². The molecule has 6 heteroatoms. The summed E-state index contributed by atoms with van der Waals surface area (Å²) >= 11 is 0. The summed E-state index contributed by atoms with van der Waals surface area (Å²) < 4.78 is 5.24. The Hall–Kier alpha value is -2.31. The van der Waals surface area contributed by atoms with Crippen LogP contribution in [0.3, 0.4) is 0 Å². The highest BCUT2D eigenvalue weighted by molar-refractivity contribution is 5.95. The van der Waals surface area contributed by atoms with Crippen LogP contribution in [0.5, 0.6) is 11.5 Å². The molecule has 0 aliphatic heterocycles. The van der Waals surface area contributed by atoms with E-state index in [4.69, 9.17) is 10.5 Å². The average molecular weight is 432 g/mol. The van der Waals surface area contributed by atoms with Gasteiger partial charge in [-0.15, -0.1) is 0 Å². The fourth-order valence-corrected chi connectivity index (χ4v) is 4.26. The molecular weight excluding hydrogens is 394 g/mol. The first-order valence-corrected chi connectivity index (χ1v) is 11.2. The fraction of sp³-hybridized carbons (Fsp3) is 0.560. The molecule has 5 N–H and O–H groups in total. The van der Waals surface area contributed by atoms with Gasteiger partial charge in [0.25, 0.3) is 0 Å². The highest BCUT2D eigenvalue weighted by Crippen LogP contribution is 2.48. The van der Waals surface area contributed by atoms with Gasteiger partial charge in [0.1, 0.15) is 29.8 Å². The maximum atomic E-state index is 12.9. The smallest absolute Gasteiger partial charge is 0.342 e. The highest BCUT2D eigenvalue weighted by Gasteiger charge is 2.33. The Morgan fingerprint density at radius 2 is 2.06 bits per heavy atom. The molecule has 0 saturated carbocycles. The van der Waals surface area contributed by atoms with Crippen LogP contribution in [0.2, 0.25) is 0 Å². The van der Waals surface area contributed by atoms with Crippen LogP contribution in [0, 0.1) is 5.92 Å². The highest BCUT2D eigenvalue weighted by atomic mass is 16.5. The van der Waals surface area contributed by atoms with Gasteiger partial charge < -0.3 is 25.8 Å². The average Bonchev–Trinajstić information content (AvgIpc) is 2.71. The summed E-state index contributed by atoms with van der Waals surface area (Å²) in [6.07, 6.45) is 6.18. The van der Waals surface area contributed by atoms with Gasteiger partial charge in [0.15, 0.2) is 0 Å². The summed E-state index contributed by atoms with van der Waals surface area (Å²) in [7, 11) is 0. The summed E-state index contributed by atoms with van der Waals surface area (Å²) in [5.74, 6) is -1.22. The molecule has 0 bridgehead atoms. The van der Waals surface area contributed by atoms with E-state index >= 15 is 0 Å². The van der Waals surface area contributed by atoms with Crippen LogP contribution in [0.4, 0.5) is 0 Å². The molecule has 1 unspecified atom stereocenters. The summed E-state index contributed by atoms with van der Waals surface area (Å²) in [4.78, 5) is 12.9. The van der Waals surface area contributed by atoms with E-state index in [-0.39, 0.29) is 42.0 Å². The van der Waals surface area contributed by atoms with Crippen LogP contribution < -0.4 is 5.73 Å². The molecular formula is C25H37NO5. The third kappa shape index (κ3) is 6.11. The van der Waals surface area contributed by atoms with E-state index in [9.17, 15) is 20.1 Å². The van der Waals surface area contributed by atoms with Crippen LogP contribution in [0.25, 0.3) is 0 Å². The maximum Gasteiger partial charge on any atom is 0.342 e. The Morgan fingerprint density at radius 1 is 1.35 bits per heavy atom. The zero-order valence-corrected chi connectivity index (χ0v) is 19.0. The van der Waals surface area contributed by atoms with Gasteiger partial charge in [-0.3, -0.25) is 0 Å². The standard InChI is InChI=1S/C25H37NO5/c1-5-6-7-8-17-12-21(28)23(20-11-16(4)9-10-19(20)15(2)3)24(29)22(17)25(30)31-14-18(27)13-26/h11-12,18-20,27-29H,2,5-10,13-14,26H2,1,3-4H3/t18?,19-,20-/m1/s1. The van der Waals surface area contributed by atoms with Gasteiger partial charge in [0, 0.05) is 18.0 Å². The molecule has 0 spiro atoms. The molecule has 2 rings (SSSR count). The van der Waals surface area contributed by atoms with Crippen molar-refractivity contribution in [3.63, 3.8) is 0 Å². The van der Waals surface area contributed by atoms with Crippen LogP contribution in [-0.2, 0) is 11.2 Å². The third-order valence-corrected chi connectivity index (χ3v) is 6.05. The Labute approximate surface area is 185 Å². The quantitative estimate of drug-likeness (QED) is 0.249. The zero-order chi connectivity index (χ0) is 23.1. The predicted molar refractivity (Wildman–Crippen MR) is 122 cm³/mol. The zero-order valence-electron chi connectivity index (χ0n) is 19.0. The van der Waals surface area contributed by atoms with E-state index < -0.39 is 12.1 Å². The molecule has 1 aliphatic rings. The summed E-state index contributed by atoms with van der Waals surface area (Å²) in [5.41, 5.74) is 8.47. The van der Waals surface area contributed by atoms with E-state index in [1.54, 1.807) is 6.07 Å². The van der Waals surface area contributed by atoms with Gasteiger partial charge in [-0.1, -0.05) is 43.6 Å². The normalized spacial score (nSPS) is 19.6. The molecule has 1 aliphatic carbocycles. The topological polar surface area (TPSA) is 113 Å². The lowest BCUT2D eigenvalue weighted by Gasteiger charge is -2.32. The monoisotopic (exact) mass is 431 g/mol. The van der Waals surface area contributed by atoms with Crippen molar-refractivity contribution in [2.45, 2.75) is 71.3 Å². The van der Waals surface area contributed by atoms with Crippen molar-refractivity contribution in [2.24, 2.45) is 11.7 Å². The van der Waals surface area contributed by atoms with Crippen molar-refractivity contribution >= 4 is 5.97 Å². The van der Waals surface area contributed by atoms with Crippen molar-refractivity contribution in [1.29, 1.82) is 0 Å². The van der Waals surface area contributed by atoms with Gasteiger partial charge in [0.05, 0.1) is 0 Å². The lowest BCUT2D eigenvalue weighted by molar-refractivity contribution is 0.0273. The number of aromatic hydroxyl groups is 2. The van der Waals surface area contributed by atoms with E-state index in [0.717, 1.165) is 37.7 Å². The molecule has 0 fully saturated rings. The molecule has 31 heavy (non-hydrogen) atoms. The van der Waals surface area contributed by atoms with Crippen molar-refractivity contribution in [1.82, 2.24) is 0 Å². The molecule has 0 amide bonds. The first-order chi connectivity index (χ1) is 14.7. The predicted octanol–water partition coefficient (Wildman–Crippen LogP) is 4.32. The van der Waals surface area contributed by atoms with E-state index in [0.29, 0.717) is 17.5 Å². The fourth-order valence-electron chi connectivity index (χ4n) is 4.26. The molecule has 1 aromatic rings. The molecule has 1 aromatic carbocycles. The molecule has 0 saturated heterocycles. The Morgan fingerprint density at radius 3 is 2.68 bits per heavy atom. The minimum atomic E-state index is -0.969. The van der Waals surface area contributed by atoms with Crippen LogP contribution in [0.1, 0.15) is 80.3 Å². The number of carbonyl (C=O) groups excluding carboxylic acids is 1. The second-order valence-electron chi connectivity index (χ2n) is 8.67. The number of carbonyl (C=O) groups is 1. The summed E-state index contributed by atoms with van der Waals surface area (Å²) in [5, 5.41) is 31.8.